The second kappa shape index (κ2) is 9.70. The minimum absolute atomic E-state index is 0.223. The highest BCUT2D eigenvalue weighted by molar-refractivity contribution is 5.95. The first-order chi connectivity index (χ1) is 12.5. The molecule has 0 saturated heterocycles. The van der Waals surface area contributed by atoms with E-state index in [1.165, 1.54) is 32.6 Å². The van der Waals surface area contributed by atoms with Gasteiger partial charge in [-0.2, -0.15) is 0 Å². The summed E-state index contributed by atoms with van der Waals surface area (Å²) in [6.07, 6.45) is 7.85. The second-order valence-corrected chi connectivity index (χ2v) is 6.08. The minimum atomic E-state index is -0.618. The van der Waals surface area contributed by atoms with E-state index in [1.54, 1.807) is 12.1 Å². The Morgan fingerprint density at radius 2 is 1.85 bits per heavy atom. The quantitative estimate of drug-likeness (QED) is 0.656. The van der Waals surface area contributed by atoms with Gasteiger partial charge in [0.15, 0.2) is 18.1 Å². The lowest BCUT2D eigenvalue weighted by Gasteiger charge is -2.16. The molecule has 1 aromatic carbocycles. The average molecular weight is 362 g/mol. The molecule has 0 aromatic heterocycles. The monoisotopic (exact) mass is 362 g/mol. The molecule has 2 amide bonds. The maximum absolute atomic E-state index is 12.4. The smallest absolute Gasteiger partial charge is 0.255 e. The number of benzene rings is 1. The van der Waals surface area contributed by atoms with Crippen molar-refractivity contribution >= 4 is 11.8 Å². The van der Waals surface area contributed by atoms with Gasteiger partial charge < -0.3 is 25.3 Å². The van der Waals surface area contributed by atoms with E-state index in [1.807, 2.05) is 0 Å². The maximum Gasteiger partial charge on any atom is 0.255 e. The van der Waals surface area contributed by atoms with Crippen molar-refractivity contribution in [1.82, 2.24) is 5.32 Å². The lowest BCUT2D eigenvalue weighted by Crippen LogP contribution is -2.25. The van der Waals surface area contributed by atoms with Crippen LogP contribution in [0.1, 0.15) is 42.5 Å². The molecular weight excluding hydrogens is 336 g/mol. The largest absolute Gasteiger partial charge is 0.493 e. The molecule has 0 aliphatic heterocycles. The molecule has 0 radical (unpaired) electrons. The average Bonchev–Trinajstić information content (AvgIpc) is 2.66. The van der Waals surface area contributed by atoms with Gasteiger partial charge in [-0.15, -0.1) is 0 Å². The molecule has 0 bridgehead atoms. The number of allylic oxidation sites excluding steroid dienone is 1. The van der Waals surface area contributed by atoms with Crippen LogP contribution in [-0.4, -0.2) is 39.2 Å². The molecule has 142 valence electrons. The van der Waals surface area contributed by atoms with Crippen LogP contribution in [0.5, 0.6) is 17.2 Å². The molecule has 0 atom stereocenters. The standard InChI is InChI=1S/C19H26N2O5/c1-24-15-10-14(11-16(25-2)18(15)26-12-17(20)22)19(23)21-9-8-13-6-4-3-5-7-13/h6,10-11H,3-5,7-9,12H2,1-2H3,(H2,20,22)(H,21,23). The van der Waals surface area contributed by atoms with Crippen LogP contribution in [0.4, 0.5) is 0 Å². The summed E-state index contributed by atoms with van der Waals surface area (Å²) in [4.78, 5) is 23.4. The molecule has 0 unspecified atom stereocenters. The zero-order chi connectivity index (χ0) is 18.9. The fourth-order valence-electron chi connectivity index (χ4n) is 2.87. The number of primary amides is 1. The summed E-state index contributed by atoms with van der Waals surface area (Å²) >= 11 is 0. The summed E-state index contributed by atoms with van der Waals surface area (Å²) in [5.74, 6) is -0.0124. The van der Waals surface area contributed by atoms with E-state index in [4.69, 9.17) is 19.9 Å². The van der Waals surface area contributed by atoms with Crippen molar-refractivity contribution in [3.63, 3.8) is 0 Å². The van der Waals surface area contributed by atoms with Crippen LogP contribution in [0.15, 0.2) is 23.8 Å². The molecule has 7 nitrogen and oxygen atoms in total. The molecule has 0 fully saturated rings. The predicted octanol–water partition coefficient (Wildman–Crippen LogP) is 2.19. The summed E-state index contributed by atoms with van der Waals surface area (Å²) in [5.41, 5.74) is 6.90. The van der Waals surface area contributed by atoms with Crippen molar-refractivity contribution in [3.05, 3.63) is 29.3 Å². The highest BCUT2D eigenvalue weighted by atomic mass is 16.5. The molecule has 2 rings (SSSR count). The molecule has 1 aliphatic carbocycles. The Kier molecular flexibility index (Phi) is 7.32. The zero-order valence-electron chi connectivity index (χ0n) is 15.3. The Hall–Kier alpha value is -2.70. The number of nitrogens with one attached hydrogen (secondary N) is 1. The first-order valence-electron chi connectivity index (χ1n) is 8.68. The first-order valence-corrected chi connectivity index (χ1v) is 8.68. The molecule has 7 heteroatoms. The Bertz CT molecular complexity index is 660. The van der Waals surface area contributed by atoms with Gasteiger partial charge in [-0.25, -0.2) is 0 Å². The van der Waals surface area contributed by atoms with Crippen LogP contribution in [0.2, 0.25) is 0 Å². The molecule has 1 aliphatic rings. The fraction of sp³-hybridized carbons (Fsp3) is 0.474. The second-order valence-electron chi connectivity index (χ2n) is 6.08. The van der Waals surface area contributed by atoms with Crippen molar-refractivity contribution in [3.8, 4) is 17.2 Å². The summed E-state index contributed by atoms with van der Waals surface area (Å²) in [7, 11) is 2.90. The summed E-state index contributed by atoms with van der Waals surface area (Å²) in [6, 6.07) is 3.10. The predicted molar refractivity (Wildman–Crippen MR) is 97.7 cm³/mol. The number of carbonyl (C=O) groups excluding carboxylic acids is 2. The lowest BCUT2D eigenvalue weighted by molar-refractivity contribution is -0.120. The Morgan fingerprint density at radius 3 is 2.38 bits per heavy atom. The molecule has 26 heavy (non-hydrogen) atoms. The van der Waals surface area contributed by atoms with Gasteiger partial charge in [0, 0.05) is 12.1 Å². The Labute approximate surface area is 153 Å². The molecule has 3 N–H and O–H groups in total. The summed E-state index contributed by atoms with van der Waals surface area (Å²) in [5, 5.41) is 2.91. The number of nitrogens with two attached hydrogens (primary N) is 1. The van der Waals surface area contributed by atoms with E-state index < -0.39 is 5.91 Å². The molecule has 1 aromatic rings. The van der Waals surface area contributed by atoms with Gasteiger partial charge in [0.05, 0.1) is 14.2 Å². The molecule has 0 spiro atoms. The van der Waals surface area contributed by atoms with Crippen molar-refractivity contribution in [2.45, 2.75) is 32.1 Å². The van der Waals surface area contributed by atoms with Gasteiger partial charge >= 0.3 is 0 Å². The van der Waals surface area contributed by atoms with Crippen molar-refractivity contribution < 1.29 is 23.8 Å². The number of rotatable bonds is 9. The Balaban J connectivity index is 2.06. The van der Waals surface area contributed by atoms with Crippen LogP contribution in [-0.2, 0) is 4.79 Å². The molecular formula is C19H26N2O5. The van der Waals surface area contributed by atoms with Crippen LogP contribution in [0, 0.1) is 0 Å². The van der Waals surface area contributed by atoms with Gasteiger partial charge in [-0.3, -0.25) is 9.59 Å². The van der Waals surface area contributed by atoms with E-state index in [9.17, 15) is 9.59 Å². The zero-order valence-corrected chi connectivity index (χ0v) is 15.3. The Morgan fingerprint density at radius 1 is 1.15 bits per heavy atom. The van der Waals surface area contributed by atoms with E-state index >= 15 is 0 Å². The third-order valence-corrected chi connectivity index (χ3v) is 4.20. The van der Waals surface area contributed by atoms with Gasteiger partial charge in [0.1, 0.15) is 0 Å². The summed E-state index contributed by atoms with van der Waals surface area (Å²) in [6.45, 7) is 0.266. The minimum Gasteiger partial charge on any atom is -0.493 e. The number of amides is 2. The highest BCUT2D eigenvalue weighted by Gasteiger charge is 2.18. The van der Waals surface area contributed by atoms with E-state index in [-0.39, 0.29) is 18.3 Å². The summed E-state index contributed by atoms with van der Waals surface area (Å²) < 4.78 is 15.9. The van der Waals surface area contributed by atoms with Gasteiger partial charge in [0.2, 0.25) is 5.75 Å². The van der Waals surface area contributed by atoms with Crippen LogP contribution in [0.25, 0.3) is 0 Å². The first kappa shape index (κ1) is 19.6. The third-order valence-electron chi connectivity index (χ3n) is 4.20. The SMILES string of the molecule is COc1cc(C(=O)NCCC2=CCCCC2)cc(OC)c1OCC(N)=O. The van der Waals surface area contributed by atoms with Crippen LogP contribution < -0.4 is 25.3 Å². The highest BCUT2D eigenvalue weighted by Crippen LogP contribution is 2.38. The number of ether oxygens (including phenoxy) is 3. The number of carbonyl (C=O) groups is 2. The molecule has 0 saturated carbocycles. The fourth-order valence-corrected chi connectivity index (χ4v) is 2.87. The van der Waals surface area contributed by atoms with Gasteiger partial charge in [0.25, 0.3) is 11.8 Å². The number of hydrogen-bond donors (Lipinski definition) is 2. The van der Waals surface area contributed by atoms with Crippen molar-refractivity contribution in [2.75, 3.05) is 27.4 Å². The molecule has 0 heterocycles. The maximum atomic E-state index is 12.4. The van der Waals surface area contributed by atoms with Gasteiger partial charge in [-0.05, 0) is 44.2 Å². The van der Waals surface area contributed by atoms with Crippen LogP contribution in [0.3, 0.4) is 0 Å². The normalized spacial score (nSPS) is 13.5. The number of methoxy groups -OCH3 is 2. The van der Waals surface area contributed by atoms with E-state index in [2.05, 4.69) is 11.4 Å². The topological polar surface area (TPSA) is 99.9 Å². The third kappa shape index (κ3) is 5.40. The van der Waals surface area contributed by atoms with E-state index in [0.29, 0.717) is 23.6 Å². The van der Waals surface area contributed by atoms with E-state index in [0.717, 1.165) is 19.3 Å². The lowest BCUT2D eigenvalue weighted by atomic mass is 9.97. The van der Waals surface area contributed by atoms with Crippen LogP contribution >= 0.6 is 0 Å². The van der Waals surface area contributed by atoms with Crippen molar-refractivity contribution in [1.29, 1.82) is 0 Å². The number of hydrogen-bond acceptors (Lipinski definition) is 5. The van der Waals surface area contributed by atoms with Crippen molar-refractivity contribution in [2.24, 2.45) is 5.73 Å². The van der Waals surface area contributed by atoms with Gasteiger partial charge in [-0.1, -0.05) is 11.6 Å².